The van der Waals surface area contributed by atoms with Crippen molar-refractivity contribution >= 4 is 18.0 Å². The first-order valence-corrected chi connectivity index (χ1v) is 8.08. The molecule has 0 heterocycles. The van der Waals surface area contributed by atoms with Crippen LogP contribution in [0.2, 0.25) is 0 Å². The van der Waals surface area contributed by atoms with Crippen LogP contribution in [0.3, 0.4) is 0 Å². The molecule has 0 aliphatic carbocycles. The van der Waals surface area contributed by atoms with Crippen LogP contribution in [0.15, 0.2) is 54.6 Å². The Bertz CT molecular complexity index is 827. The third kappa shape index (κ3) is 6.97. The van der Waals surface area contributed by atoms with Gasteiger partial charge >= 0.3 is 12.1 Å². The van der Waals surface area contributed by atoms with E-state index in [4.69, 9.17) is 4.74 Å². The highest BCUT2D eigenvalue weighted by molar-refractivity contribution is 5.89. The van der Waals surface area contributed by atoms with Gasteiger partial charge in [-0.2, -0.15) is 13.2 Å². The summed E-state index contributed by atoms with van der Waals surface area (Å²) in [7, 11) is 0. The molecule has 0 aromatic heterocycles. The summed E-state index contributed by atoms with van der Waals surface area (Å²) in [4.78, 5) is 23.3. The Morgan fingerprint density at radius 2 is 1.81 bits per heavy atom. The first-order valence-electron chi connectivity index (χ1n) is 8.08. The molecule has 0 radical (unpaired) electrons. The molecule has 142 valence electrons. The van der Waals surface area contributed by atoms with Crippen molar-refractivity contribution in [3.8, 4) is 0 Å². The summed E-state index contributed by atoms with van der Waals surface area (Å²) in [5, 5.41) is 2.61. The van der Waals surface area contributed by atoms with Gasteiger partial charge in [0.2, 0.25) is 0 Å². The molecule has 0 aliphatic heterocycles. The van der Waals surface area contributed by atoms with Gasteiger partial charge in [-0.05, 0) is 36.3 Å². The molecule has 0 fully saturated rings. The Kier molecular flexibility index (Phi) is 6.76. The molecule has 2 rings (SSSR count). The van der Waals surface area contributed by atoms with Gasteiger partial charge in [0.05, 0.1) is 5.56 Å². The van der Waals surface area contributed by atoms with Crippen molar-refractivity contribution in [3.05, 3.63) is 76.9 Å². The highest BCUT2D eigenvalue weighted by atomic mass is 19.4. The summed E-state index contributed by atoms with van der Waals surface area (Å²) in [5.41, 5.74) is 1.40. The van der Waals surface area contributed by atoms with E-state index in [0.29, 0.717) is 6.54 Å². The summed E-state index contributed by atoms with van der Waals surface area (Å²) >= 11 is 0. The fourth-order valence-electron chi connectivity index (χ4n) is 2.13. The number of hydrogen-bond acceptors (Lipinski definition) is 3. The SMILES string of the molecule is Cc1ccc(CNC(=O)COC(=O)/C=C/c2cccc(C(F)(F)F)c2)cc1. The molecule has 7 heteroatoms. The average Bonchev–Trinajstić information content (AvgIpc) is 2.64. The van der Waals surface area contributed by atoms with Crippen molar-refractivity contribution in [2.45, 2.75) is 19.6 Å². The molecule has 2 aromatic rings. The summed E-state index contributed by atoms with van der Waals surface area (Å²) in [5.74, 6) is -1.30. The predicted octanol–water partition coefficient (Wildman–Crippen LogP) is 3.89. The van der Waals surface area contributed by atoms with Crippen molar-refractivity contribution in [3.63, 3.8) is 0 Å². The van der Waals surface area contributed by atoms with E-state index in [1.54, 1.807) is 0 Å². The van der Waals surface area contributed by atoms with E-state index < -0.39 is 30.2 Å². The second kappa shape index (κ2) is 9.02. The van der Waals surface area contributed by atoms with Crippen LogP contribution in [-0.2, 0) is 27.0 Å². The maximum Gasteiger partial charge on any atom is 0.416 e. The molecule has 0 unspecified atom stereocenters. The first-order chi connectivity index (χ1) is 12.7. The van der Waals surface area contributed by atoms with E-state index in [-0.39, 0.29) is 5.56 Å². The standard InChI is InChI=1S/C20H18F3NO3/c1-14-5-7-16(8-6-14)12-24-18(25)13-27-19(26)10-9-15-3-2-4-17(11-15)20(21,22)23/h2-11H,12-13H2,1H3,(H,24,25)/b10-9+. The van der Waals surface area contributed by atoms with Gasteiger partial charge in [-0.15, -0.1) is 0 Å². The summed E-state index contributed by atoms with van der Waals surface area (Å²) < 4.78 is 42.7. The molecule has 0 spiro atoms. The van der Waals surface area contributed by atoms with Crippen LogP contribution in [0.1, 0.15) is 22.3 Å². The van der Waals surface area contributed by atoms with Gasteiger partial charge < -0.3 is 10.1 Å². The zero-order valence-electron chi connectivity index (χ0n) is 14.5. The van der Waals surface area contributed by atoms with E-state index in [2.05, 4.69) is 5.32 Å². The van der Waals surface area contributed by atoms with Crippen LogP contribution in [0.5, 0.6) is 0 Å². The number of esters is 1. The molecule has 2 aromatic carbocycles. The molecule has 1 amide bonds. The van der Waals surface area contributed by atoms with Crippen molar-refractivity contribution in [2.24, 2.45) is 0 Å². The molecular weight excluding hydrogens is 359 g/mol. The highest BCUT2D eigenvalue weighted by Gasteiger charge is 2.30. The third-order valence-electron chi connectivity index (χ3n) is 3.58. The minimum absolute atomic E-state index is 0.200. The van der Waals surface area contributed by atoms with E-state index in [1.165, 1.54) is 18.2 Å². The smallest absolute Gasteiger partial charge is 0.416 e. The van der Waals surface area contributed by atoms with Gasteiger partial charge in [-0.3, -0.25) is 4.79 Å². The number of rotatable bonds is 6. The fourth-order valence-corrected chi connectivity index (χ4v) is 2.13. The predicted molar refractivity (Wildman–Crippen MR) is 94.5 cm³/mol. The van der Waals surface area contributed by atoms with Crippen molar-refractivity contribution in [1.29, 1.82) is 0 Å². The van der Waals surface area contributed by atoms with Gasteiger partial charge in [-0.1, -0.05) is 42.0 Å². The number of benzene rings is 2. The number of amides is 1. The maximum absolute atomic E-state index is 12.6. The normalized spacial score (nSPS) is 11.4. The Morgan fingerprint density at radius 3 is 2.48 bits per heavy atom. The van der Waals surface area contributed by atoms with E-state index in [0.717, 1.165) is 29.3 Å². The Morgan fingerprint density at radius 1 is 1.11 bits per heavy atom. The number of hydrogen-bond donors (Lipinski definition) is 1. The molecule has 0 saturated carbocycles. The van der Waals surface area contributed by atoms with Gasteiger partial charge in [0.15, 0.2) is 6.61 Å². The topological polar surface area (TPSA) is 55.4 Å². The first kappa shape index (κ1) is 20.2. The quantitative estimate of drug-likeness (QED) is 0.614. The number of alkyl halides is 3. The molecular formula is C20H18F3NO3. The number of carbonyl (C=O) groups excluding carboxylic acids is 2. The molecule has 0 saturated heterocycles. The zero-order chi connectivity index (χ0) is 19.9. The molecule has 0 bridgehead atoms. The lowest BCUT2D eigenvalue weighted by Crippen LogP contribution is -2.28. The molecule has 4 nitrogen and oxygen atoms in total. The van der Waals surface area contributed by atoms with Crippen LogP contribution in [0.25, 0.3) is 6.08 Å². The molecule has 27 heavy (non-hydrogen) atoms. The van der Waals surface area contributed by atoms with Crippen molar-refractivity contribution in [1.82, 2.24) is 5.32 Å². The number of carbonyl (C=O) groups is 2. The number of nitrogens with one attached hydrogen (secondary N) is 1. The second-order valence-electron chi connectivity index (χ2n) is 5.83. The lowest BCUT2D eigenvalue weighted by molar-refractivity contribution is -0.143. The zero-order valence-corrected chi connectivity index (χ0v) is 14.5. The maximum atomic E-state index is 12.6. The highest BCUT2D eigenvalue weighted by Crippen LogP contribution is 2.29. The summed E-state index contributed by atoms with van der Waals surface area (Å²) in [6.45, 7) is 1.78. The Labute approximate surface area is 154 Å². The fraction of sp³-hybridized carbons (Fsp3) is 0.200. The van der Waals surface area contributed by atoms with Crippen LogP contribution in [0, 0.1) is 6.92 Å². The largest absolute Gasteiger partial charge is 0.452 e. The Hall–Kier alpha value is -3.09. The van der Waals surface area contributed by atoms with Gasteiger partial charge in [0.1, 0.15) is 0 Å². The van der Waals surface area contributed by atoms with Gasteiger partial charge in [-0.25, -0.2) is 4.79 Å². The molecule has 0 atom stereocenters. The van der Waals surface area contributed by atoms with E-state index in [9.17, 15) is 22.8 Å². The van der Waals surface area contributed by atoms with Gasteiger partial charge in [0.25, 0.3) is 5.91 Å². The van der Waals surface area contributed by atoms with E-state index >= 15 is 0 Å². The monoisotopic (exact) mass is 377 g/mol. The van der Waals surface area contributed by atoms with Crippen LogP contribution in [-0.4, -0.2) is 18.5 Å². The number of halogens is 3. The van der Waals surface area contributed by atoms with Crippen LogP contribution < -0.4 is 5.32 Å². The molecule has 0 aliphatic rings. The summed E-state index contributed by atoms with van der Waals surface area (Å²) in [6.07, 6.45) is -2.29. The minimum atomic E-state index is -4.46. The van der Waals surface area contributed by atoms with Gasteiger partial charge in [0, 0.05) is 12.6 Å². The van der Waals surface area contributed by atoms with Crippen molar-refractivity contribution < 1.29 is 27.5 Å². The molecule has 1 N–H and O–H groups in total. The van der Waals surface area contributed by atoms with Crippen LogP contribution >= 0.6 is 0 Å². The van der Waals surface area contributed by atoms with Crippen LogP contribution in [0.4, 0.5) is 13.2 Å². The van der Waals surface area contributed by atoms with E-state index in [1.807, 2.05) is 31.2 Å². The summed E-state index contributed by atoms with van der Waals surface area (Å²) in [6, 6.07) is 12.1. The minimum Gasteiger partial charge on any atom is -0.452 e. The Balaban J connectivity index is 1.79. The lowest BCUT2D eigenvalue weighted by atomic mass is 10.1. The lowest BCUT2D eigenvalue weighted by Gasteiger charge is -2.07. The number of aryl methyl sites for hydroxylation is 1. The second-order valence-corrected chi connectivity index (χ2v) is 5.83. The average molecular weight is 377 g/mol. The number of ether oxygens (including phenoxy) is 1. The van der Waals surface area contributed by atoms with Crippen molar-refractivity contribution in [2.75, 3.05) is 6.61 Å². The third-order valence-corrected chi connectivity index (χ3v) is 3.58.